The van der Waals surface area contributed by atoms with Crippen molar-refractivity contribution < 1.29 is 40.7 Å². The summed E-state index contributed by atoms with van der Waals surface area (Å²) in [6.45, 7) is 0. The van der Waals surface area contributed by atoms with Gasteiger partial charge in [0.1, 0.15) is 17.2 Å². The number of rotatable bonds is 4. The van der Waals surface area contributed by atoms with E-state index in [1.54, 1.807) is 0 Å². The molecule has 0 atom stereocenters. The predicted octanol–water partition coefficient (Wildman–Crippen LogP) is 5.30. The molecular weight excluding hydrogens is 360 g/mol. The molecule has 2 aromatic carbocycles. The number of nitrogens with zero attached hydrogens (tertiary/aromatic N) is 1. The predicted molar refractivity (Wildman–Crippen MR) is 71.3 cm³/mol. The molecule has 25 heavy (non-hydrogen) atoms. The minimum Gasteiger partial charge on any atom is -0.457 e. The summed E-state index contributed by atoms with van der Waals surface area (Å²) in [6, 6.07) is 5.41. The summed E-state index contributed by atoms with van der Waals surface area (Å²) in [7, 11) is 0. The van der Waals surface area contributed by atoms with Gasteiger partial charge in [-0.15, -0.1) is 13.2 Å². The number of benzene rings is 2. The highest BCUT2D eigenvalue weighted by Gasteiger charge is 2.33. The van der Waals surface area contributed by atoms with Crippen LogP contribution in [0.3, 0.4) is 0 Å². The second-order valence-corrected chi connectivity index (χ2v) is 4.59. The zero-order valence-electron chi connectivity index (χ0n) is 11.9. The molecule has 0 N–H and O–H groups in total. The second kappa shape index (κ2) is 6.49. The fraction of sp³-hybridized carbons (Fsp3) is 0.143. The zero-order valence-corrected chi connectivity index (χ0v) is 11.9. The molecule has 11 heteroatoms. The quantitative estimate of drug-likeness (QED) is 0.418. The van der Waals surface area contributed by atoms with Crippen LogP contribution in [-0.4, -0.2) is 11.3 Å². The summed E-state index contributed by atoms with van der Waals surface area (Å²) in [5.74, 6) is -1.19. The molecule has 2 rings (SSSR count). The van der Waals surface area contributed by atoms with Crippen molar-refractivity contribution >= 4 is 5.69 Å². The van der Waals surface area contributed by atoms with E-state index in [4.69, 9.17) is 4.74 Å². The molecule has 0 bridgehead atoms. The number of hydrogen-bond donors (Lipinski definition) is 0. The number of halogens is 6. The molecule has 0 fully saturated rings. The van der Waals surface area contributed by atoms with Gasteiger partial charge in [-0.25, -0.2) is 0 Å². The summed E-state index contributed by atoms with van der Waals surface area (Å²) in [5.41, 5.74) is -2.14. The summed E-state index contributed by atoms with van der Waals surface area (Å²) in [4.78, 5) is 9.70. The van der Waals surface area contributed by atoms with E-state index in [9.17, 15) is 36.5 Å². The van der Waals surface area contributed by atoms with Crippen molar-refractivity contribution in [2.24, 2.45) is 0 Å². The second-order valence-electron chi connectivity index (χ2n) is 4.59. The Morgan fingerprint density at radius 3 is 1.88 bits per heavy atom. The highest BCUT2D eigenvalue weighted by molar-refractivity contribution is 5.46. The monoisotopic (exact) mass is 367 g/mol. The maximum atomic E-state index is 12.8. The fourth-order valence-corrected chi connectivity index (χ4v) is 1.76. The van der Waals surface area contributed by atoms with Crippen molar-refractivity contribution in [3.05, 3.63) is 58.1 Å². The molecule has 0 unspecified atom stereocenters. The van der Waals surface area contributed by atoms with Crippen LogP contribution in [0.15, 0.2) is 42.5 Å². The van der Waals surface area contributed by atoms with E-state index in [2.05, 4.69) is 4.74 Å². The zero-order chi connectivity index (χ0) is 18.8. The standard InChI is InChI=1S/C14H7F6NO4/c15-13(16,17)8-5-9(21(22)23)7-12(6-8)24-10-1-3-11(4-2-10)25-14(18,19)20/h1-7H. The van der Waals surface area contributed by atoms with Crippen LogP contribution < -0.4 is 9.47 Å². The summed E-state index contributed by atoms with van der Waals surface area (Å²) in [6.07, 6.45) is -9.74. The first-order valence-electron chi connectivity index (χ1n) is 6.34. The molecule has 134 valence electrons. The van der Waals surface area contributed by atoms with Gasteiger partial charge in [0.25, 0.3) is 5.69 Å². The van der Waals surface area contributed by atoms with Crippen LogP contribution in [0.4, 0.5) is 32.0 Å². The minimum absolute atomic E-state index is 0.136. The number of nitro benzene ring substituents is 1. The highest BCUT2D eigenvalue weighted by Crippen LogP contribution is 2.36. The lowest BCUT2D eigenvalue weighted by molar-refractivity contribution is -0.385. The topological polar surface area (TPSA) is 61.6 Å². The van der Waals surface area contributed by atoms with Crippen molar-refractivity contribution in [1.29, 1.82) is 0 Å². The Morgan fingerprint density at radius 2 is 1.40 bits per heavy atom. The Kier molecular flexibility index (Phi) is 4.77. The Bertz CT molecular complexity index is 770. The first-order chi connectivity index (χ1) is 11.4. The third-order valence-electron chi connectivity index (χ3n) is 2.72. The lowest BCUT2D eigenvalue weighted by Gasteiger charge is -2.11. The van der Waals surface area contributed by atoms with Gasteiger partial charge in [0.15, 0.2) is 0 Å². The molecule has 0 amide bonds. The van der Waals surface area contributed by atoms with Gasteiger partial charge in [-0.1, -0.05) is 0 Å². The molecule has 0 aliphatic rings. The third kappa shape index (κ3) is 5.26. The van der Waals surface area contributed by atoms with Gasteiger partial charge >= 0.3 is 12.5 Å². The van der Waals surface area contributed by atoms with Crippen LogP contribution in [0, 0.1) is 10.1 Å². The molecule has 0 saturated heterocycles. The Morgan fingerprint density at radius 1 is 0.840 bits per heavy atom. The average Bonchev–Trinajstić information content (AvgIpc) is 2.46. The van der Waals surface area contributed by atoms with Crippen LogP contribution in [0.25, 0.3) is 0 Å². The fourth-order valence-electron chi connectivity index (χ4n) is 1.76. The van der Waals surface area contributed by atoms with Gasteiger partial charge in [0, 0.05) is 6.07 Å². The molecule has 0 heterocycles. The molecule has 5 nitrogen and oxygen atoms in total. The first-order valence-corrected chi connectivity index (χ1v) is 6.34. The minimum atomic E-state index is -4.90. The third-order valence-corrected chi connectivity index (χ3v) is 2.72. The number of non-ortho nitro benzene ring substituents is 1. The van der Waals surface area contributed by atoms with E-state index in [-0.39, 0.29) is 5.75 Å². The Hall–Kier alpha value is -2.98. The smallest absolute Gasteiger partial charge is 0.457 e. The molecule has 0 aliphatic heterocycles. The lowest BCUT2D eigenvalue weighted by atomic mass is 10.2. The first kappa shape index (κ1) is 18.4. The largest absolute Gasteiger partial charge is 0.573 e. The van der Waals surface area contributed by atoms with Crippen molar-refractivity contribution in [2.45, 2.75) is 12.5 Å². The van der Waals surface area contributed by atoms with Crippen LogP contribution in [0.5, 0.6) is 17.2 Å². The van der Waals surface area contributed by atoms with Crippen molar-refractivity contribution in [3.63, 3.8) is 0 Å². The van der Waals surface area contributed by atoms with Gasteiger partial charge in [0.05, 0.1) is 16.6 Å². The number of ether oxygens (including phenoxy) is 2. The van der Waals surface area contributed by atoms with Gasteiger partial charge < -0.3 is 9.47 Å². The number of hydrogen-bond acceptors (Lipinski definition) is 4. The lowest BCUT2D eigenvalue weighted by Crippen LogP contribution is -2.16. The molecule has 2 aromatic rings. The Balaban J connectivity index is 2.27. The van der Waals surface area contributed by atoms with Gasteiger partial charge in [-0.3, -0.25) is 10.1 Å². The van der Waals surface area contributed by atoms with Crippen LogP contribution in [-0.2, 0) is 6.18 Å². The van der Waals surface area contributed by atoms with E-state index in [1.807, 2.05) is 0 Å². The van der Waals surface area contributed by atoms with Crippen LogP contribution in [0.1, 0.15) is 5.56 Å². The van der Waals surface area contributed by atoms with Gasteiger partial charge in [-0.05, 0) is 30.3 Å². The molecule has 0 saturated carbocycles. The summed E-state index contributed by atoms with van der Waals surface area (Å²) in [5, 5.41) is 10.7. The van der Waals surface area contributed by atoms with Crippen molar-refractivity contribution in [1.82, 2.24) is 0 Å². The van der Waals surface area contributed by atoms with Gasteiger partial charge in [-0.2, -0.15) is 13.2 Å². The number of nitro groups is 1. The number of alkyl halides is 6. The maximum Gasteiger partial charge on any atom is 0.573 e. The maximum absolute atomic E-state index is 12.8. The highest BCUT2D eigenvalue weighted by atomic mass is 19.4. The molecule has 0 spiro atoms. The van der Waals surface area contributed by atoms with E-state index in [0.29, 0.717) is 12.1 Å². The molecule has 0 radical (unpaired) electrons. The average molecular weight is 367 g/mol. The van der Waals surface area contributed by atoms with E-state index in [0.717, 1.165) is 30.3 Å². The van der Waals surface area contributed by atoms with E-state index < -0.39 is 40.2 Å². The summed E-state index contributed by atoms with van der Waals surface area (Å²) < 4.78 is 83.1. The Labute approximate surface area is 135 Å². The van der Waals surface area contributed by atoms with Crippen molar-refractivity contribution in [3.8, 4) is 17.2 Å². The molecule has 0 aromatic heterocycles. The van der Waals surface area contributed by atoms with Crippen LogP contribution in [0.2, 0.25) is 0 Å². The molecule has 0 aliphatic carbocycles. The van der Waals surface area contributed by atoms with Crippen LogP contribution >= 0.6 is 0 Å². The van der Waals surface area contributed by atoms with E-state index >= 15 is 0 Å². The van der Waals surface area contributed by atoms with E-state index in [1.165, 1.54) is 0 Å². The summed E-state index contributed by atoms with van der Waals surface area (Å²) >= 11 is 0. The molecular formula is C14H7F6NO4. The SMILES string of the molecule is O=[N+]([O-])c1cc(Oc2ccc(OC(F)(F)F)cc2)cc(C(F)(F)F)c1. The normalized spacial score (nSPS) is 11.9. The van der Waals surface area contributed by atoms with Gasteiger partial charge in [0.2, 0.25) is 0 Å². The van der Waals surface area contributed by atoms with Crippen molar-refractivity contribution in [2.75, 3.05) is 0 Å².